The Balaban J connectivity index is 2.29. The van der Waals surface area contributed by atoms with Crippen LogP contribution in [0.3, 0.4) is 0 Å². The molecule has 12 heteroatoms. The Hall–Kier alpha value is -2.28. The minimum atomic E-state index is -2.17. The van der Waals surface area contributed by atoms with Gasteiger partial charge in [-0.3, -0.25) is 38.8 Å². The van der Waals surface area contributed by atoms with Crippen LogP contribution in [0, 0.1) is 46.3 Å². The molecule has 2 unspecified atom stereocenters. The van der Waals surface area contributed by atoms with Gasteiger partial charge in [0.25, 0.3) is 0 Å². The second-order valence-corrected chi connectivity index (χ2v) is 25.3. The molecule has 60 heavy (non-hydrogen) atoms. The van der Waals surface area contributed by atoms with Gasteiger partial charge in [0.1, 0.15) is 0 Å². The largest absolute Gasteiger partial charge is 0.481 e. The fourth-order valence-electron chi connectivity index (χ4n) is 14.7. The summed E-state index contributed by atoms with van der Waals surface area (Å²) < 4.78 is 0. The van der Waals surface area contributed by atoms with Gasteiger partial charge >= 0.3 is 23.9 Å². The molecule has 4 heterocycles. The third-order valence-corrected chi connectivity index (χ3v) is 18.6. The summed E-state index contributed by atoms with van der Waals surface area (Å²) in [5.74, 6) is -13.1. The summed E-state index contributed by atoms with van der Waals surface area (Å²) in [6.07, 6.45) is 2.37. The Morgan fingerprint density at radius 1 is 0.367 bits per heavy atom. The predicted octanol–water partition coefficient (Wildman–Crippen LogP) is 8.13. The summed E-state index contributed by atoms with van der Waals surface area (Å²) in [5, 5.41) is 49.0. The zero-order valence-corrected chi connectivity index (χ0v) is 41.3. The van der Waals surface area contributed by atoms with Crippen LogP contribution >= 0.6 is 0 Å². The van der Waals surface area contributed by atoms with Crippen molar-refractivity contribution in [1.82, 2.24) is 19.6 Å². The molecule has 4 N–H and O–H groups in total. The smallest absolute Gasteiger partial charge is 0.311 e. The van der Waals surface area contributed by atoms with E-state index in [0.29, 0.717) is 51.4 Å². The highest BCUT2D eigenvalue weighted by atomic mass is 16.4. The Labute approximate surface area is 363 Å². The van der Waals surface area contributed by atoms with E-state index in [-0.39, 0.29) is 0 Å². The number of aliphatic carboxylic acids is 4. The third-order valence-electron chi connectivity index (χ3n) is 18.6. The molecule has 346 valence electrons. The summed E-state index contributed by atoms with van der Waals surface area (Å²) in [5.41, 5.74) is -9.13. The fraction of sp³-hybridized carbons (Fsp3) is 0.917. The van der Waals surface area contributed by atoms with Crippen molar-refractivity contribution in [3.63, 3.8) is 0 Å². The van der Waals surface area contributed by atoms with Crippen molar-refractivity contribution in [1.29, 1.82) is 0 Å². The van der Waals surface area contributed by atoms with Crippen LogP contribution in [0.15, 0.2) is 0 Å². The molecule has 12 nitrogen and oxygen atoms in total. The molecule has 0 amide bonds. The fourth-order valence-corrected chi connectivity index (χ4v) is 14.7. The lowest BCUT2D eigenvalue weighted by atomic mass is 9.42. The van der Waals surface area contributed by atoms with E-state index in [9.17, 15) is 30.0 Å². The van der Waals surface area contributed by atoms with Gasteiger partial charge in [0.15, 0.2) is 0 Å². The minimum absolute atomic E-state index is 0.297. The molecule has 4 aliphatic rings. The zero-order chi connectivity index (χ0) is 46.7. The van der Waals surface area contributed by atoms with Crippen molar-refractivity contribution in [2.24, 2.45) is 46.3 Å². The molecule has 0 aliphatic carbocycles. The van der Waals surface area contributed by atoms with E-state index in [0.717, 1.165) is 0 Å². The second kappa shape index (κ2) is 15.2. The highest BCUT2D eigenvalue weighted by Gasteiger charge is 2.74. The Bertz CT molecular complexity index is 1420. The van der Waals surface area contributed by atoms with Gasteiger partial charge < -0.3 is 20.4 Å². The molecule has 0 spiro atoms. The number of carboxylic acid groups (broad SMARTS) is 4. The molecule has 4 saturated heterocycles. The lowest BCUT2D eigenvalue weighted by Crippen LogP contribution is -2.72. The first-order chi connectivity index (χ1) is 26.6. The molecular formula is C48H86N4O8. The highest BCUT2D eigenvalue weighted by Crippen LogP contribution is 2.66. The van der Waals surface area contributed by atoms with Crippen molar-refractivity contribution < 1.29 is 39.6 Å². The average Bonchev–Trinajstić information content (AvgIpc) is 3.03. The number of hydrogen-bond acceptors (Lipinski definition) is 8. The first kappa shape index (κ1) is 50.4. The van der Waals surface area contributed by atoms with Crippen LogP contribution in [-0.4, -0.2) is 136 Å². The Morgan fingerprint density at radius 3 is 0.600 bits per heavy atom. The second-order valence-electron chi connectivity index (χ2n) is 25.3. The van der Waals surface area contributed by atoms with Crippen LogP contribution in [0.25, 0.3) is 0 Å². The van der Waals surface area contributed by atoms with E-state index in [1.807, 2.05) is 139 Å². The molecular weight excluding hydrogens is 761 g/mol. The molecule has 4 rings (SSSR count). The Kier molecular flexibility index (Phi) is 12.7. The summed E-state index contributed by atoms with van der Waals surface area (Å²) >= 11 is 0. The van der Waals surface area contributed by atoms with E-state index in [1.165, 1.54) is 0 Å². The van der Waals surface area contributed by atoms with E-state index >= 15 is 9.59 Å². The topological polar surface area (TPSA) is 162 Å². The molecule has 0 aromatic rings. The van der Waals surface area contributed by atoms with Crippen molar-refractivity contribution in [3.05, 3.63) is 0 Å². The highest BCUT2D eigenvalue weighted by molar-refractivity contribution is 5.92. The summed E-state index contributed by atoms with van der Waals surface area (Å²) in [7, 11) is 8.05. The van der Waals surface area contributed by atoms with Crippen LogP contribution < -0.4 is 0 Å². The van der Waals surface area contributed by atoms with E-state index in [4.69, 9.17) is 0 Å². The number of carbonyl (C=O) groups is 4. The van der Waals surface area contributed by atoms with Crippen LogP contribution in [0.5, 0.6) is 0 Å². The lowest BCUT2D eigenvalue weighted by Gasteiger charge is -2.65. The average molecular weight is 847 g/mol. The number of hydrogen-bond donors (Lipinski definition) is 4. The normalized spacial score (nSPS) is 29.1. The number of carboxylic acids is 4. The summed E-state index contributed by atoms with van der Waals surface area (Å²) in [6, 6.07) is 0. The molecule has 0 aromatic carbocycles. The number of nitrogens with zero attached hydrogens (tertiary/aromatic N) is 4. The van der Waals surface area contributed by atoms with Gasteiger partial charge in [-0.2, -0.15) is 0 Å². The maximum Gasteiger partial charge on any atom is 0.311 e. The van der Waals surface area contributed by atoms with Crippen LogP contribution in [-0.2, 0) is 19.2 Å². The van der Waals surface area contributed by atoms with E-state index in [1.54, 1.807) is 0 Å². The van der Waals surface area contributed by atoms with Crippen molar-refractivity contribution in [2.75, 3.05) is 28.2 Å². The van der Waals surface area contributed by atoms with E-state index in [2.05, 4.69) is 19.6 Å². The maximum absolute atomic E-state index is 15.2. The van der Waals surface area contributed by atoms with Crippen LogP contribution in [0.1, 0.15) is 162 Å². The van der Waals surface area contributed by atoms with Crippen molar-refractivity contribution in [2.45, 2.75) is 206 Å². The zero-order valence-electron chi connectivity index (χ0n) is 41.3. The van der Waals surface area contributed by atoms with Gasteiger partial charge in [-0.25, -0.2) is 0 Å². The van der Waals surface area contributed by atoms with E-state index < -0.39 is 115 Å². The van der Waals surface area contributed by atoms with Crippen molar-refractivity contribution in [3.8, 4) is 0 Å². The first-order valence-electron chi connectivity index (χ1n) is 22.5. The molecule has 4 fully saturated rings. The quantitative estimate of drug-likeness (QED) is 0.158. The van der Waals surface area contributed by atoms with Gasteiger partial charge in [-0.15, -0.1) is 0 Å². The van der Waals surface area contributed by atoms with Gasteiger partial charge in [-0.05, 0) is 214 Å². The first-order valence-corrected chi connectivity index (χ1v) is 22.5. The molecule has 0 saturated carbocycles. The van der Waals surface area contributed by atoms with Gasteiger partial charge in [0, 0.05) is 44.3 Å². The van der Waals surface area contributed by atoms with Crippen LogP contribution in [0.4, 0.5) is 0 Å². The maximum atomic E-state index is 15.2. The van der Waals surface area contributed by atoms with Crippen LogP contribution in [0.2, 0.25) is 0 Å². The summed E-state index contributed by atoms with van der Waals surface area (Å²) in [6.45, 7) is 32.8. The van der Waals surface area contributed by atoms with Crippen molar-refractivity contribution >= 4 is 23.9 Å². The number of rotatable bonds is 11. The standard InChI is InChI=1S/C48H86N4O8/c1-39(2)21-29(22-40(3,4)49(39)17)47(37(57)58,30-23-41(5,6)50(18)42(7,8)24-30)33(35(53)54)34(36(55)56)48(38(59)60,31-25-43(9,10)51(19)44(11,12)26-31)32-27-45(13,14)52(20)46(15,16)28-32/h29-34H,21-28H2,1-20H3,(H,53,54)(H,55,56)(H,57,58)(H,59,60). The molecule has 0 radical (unpaired) electrons. The lowest BCUT2D eigenvalue weighted by molar-refractivity contribution is -0.222. The Morgan fingerprint density at radius 2 is 0.500 bits per heavy atom. The predicted molar refractivity (Wildman–Crippen MR) is 237 cm³/mol. The third kappa shape index (κ3) is 7.86. The van der Waals surface area contributed by atoms with Gasteiger partial charge in [0.05, 0.1) is 22.7 Å². The number of likely N-dealkylation sites (tertiary alicyclic amines) is 4. The summed E-state index contributed by atoms with van der Waals surface area (Å²) in [4.78, 5) is 69.2. The monoisotopic (exact) mass is 847 g/mol. The molecule has 4 aliphatic heterocycles. The molecule has 0 bridgehead atoms. The number of piperidine rings is 4. The molecule has 2 atom stereocenters. The molecule has 0 aromatic heterocycles. The SMILES string of the molecule is CN1C(C)(C)CC(C(C(=O)O)(C2CC(C)(C)N(C)C(C)(C)C2)C(C(=O)O)C(C(=O)O)C(C(=O)O)(C2CC(C)(C)N(C)C(C)(C)C2)C2CC(C)(C)N(C)C(C)(C)C2)CC1(C)C. The van der Waals surface area contributed by atoms with Gasteiger partial charge in [-0.1, -0.05) is 0 Å². The van der Waals surface area contributed by atoms with Gasteiger partial charge in [0.2, 0.25) is 0 Å². The minimum Gasteiger partial charge on any atom is -0.481 e.